The first-order chi connectivity index (χ1) is 12.4. The molecule has 0 saturated carbocycles. The van der Waals surface area contributed by atoms with Crippen LogP contribution in [0.4, 0.5) is 16.2 Å². The summed E-state index contributed by atoms with van der Waals surface area (Å²) < 4.78 is 0. The molecule has 3 rings (SSSR count). The zero-order chi connectivity index (χ0) is 18.7. The van der Waals surface area contributed by atoms with Crippen molar-refractivity contribution in [1.29, 1.82) is 0 Å². The van der Waals surface area contributed by atoms with Crippen molar-refractivity contribution >= 4 is 23.2 Å². The number of piperazine rings is 1. The quantitative estimate of drug-likeness (QED) is 0.855. The summed E-state index contributed by atoms with van der Waals surface area (Å²) in [5, 5.41) is 3.00. The van der Waals surface area contributed by atoms with E-state index in [0.29, 0.717) is 13.1 Å². The molecule has 1 aliphatic heterocycles. The van der Waals surface area contributed by atoms with Crippen LogP contribution in [-0.4, -0.2) is 42.9 Å². The Hall–Kier alpha value is -2.82. The number of ketones is 1. The number of aryl methyl sites for hydroxylation is 2. The molecule has 0 aromatic heterocycles. The molecule has 0 aliphatic carbocycles. The average molecular weight is 351 g/mol. The van der Waals surface area contributed by atoms with Gasteiger partial charge in [-0.15, -0.1) is 0 Å². The zero-order valence-corrected chi connectivity index (χ0v) is 15.6. The molecule has 0 radical (unpaired) electrons. The van der Waals surface area contributed by atoms with Gasteiger partial charge in [-0.3, -0.25) is 4.79 Å². The Morgan fingerprint density at radius 1 is 0.885 bits per heavy atom. The number of benzene rings is 2. The maximum Gasteiger partial charge on any atom is 0.321 e. The third-order valence-corrected chi connectivity index (χ3v) is 4.68. The summed E-state index contributed by atoms with van der Waals surface area (Å²) in [6.07, 6.45) is 0. The van der Waals surface area contributed by atoms with Crippen LogP contribution in [0.1, 0.15) is 28.4 Å². The third kappa shape index (κ3) is 4.23. The first kappa shape index (κ1) is 18.0. The van der Waals surface area contributed by atoms with E-state index in [1.807, 2.05) is 55.1 Å². The number of hydrogen-bond donors (Lipinski definition) is 1. The lowest BCUT2D eigenvalue weighted by Crippen LogP contribution is -2.50. The summed E-state index contributed by atoms with van der Waals surface area (Å²) >= 11 is 0. The molecule has 0 spiro atoms. The number of carbonyl (C=O) groups excluding carboxylic acids is 2. The molecule has 0 unspecified atom stereocenters. The molecule has 2 amide bonds. The maximum absolute atomic E-state index is 12.5. The van der Waals surface area contributed by atoms with Gasteiger partial charge >= 0.3 is 6.03 Å². The standard InChI is InChI=1S/C21H25N3O2/c1-15-12-16(2)14-19(13-15)22-21(26)24-10-8-23(9-11-24)20-6-4-18(5-7-20)17(3)25/h4-7,12-14H,8-11H2,1-3H3,(H,22,26). The van der Waals surface area contributed by atoms with Crippen LogP contribution >= 0.6 is 0 Å². The molecular weight excluding hydrogens is 326 g/mol. The lowest BCUT2D eigenvalue weighted by Gasteiger charge is -2.36. The van der Waals surface area contributed by atoms with Gasteiger partial charge in [0.25, 0.3) is 0 Å². The number of nitrogens with zero attached hydrogens (tertiary/aromatic N) is 2. The summed E-state index contributed by atoms with van der Waals surface area (Å²) in [4.78, 5) is 28.0. The normalized spacial score (nSPS) is 14.3. The number of hydrogen-bond acceptors (Lipinski definition) is 3. The fourth-order valence-electron chi connectivity index (χ4n) is 3.32. The fourth-order valence-corrected chi connectivity index (χ4v) is 3.32. The fraction of sp³-hybridized carbons (Fsp3) is 0.333. The number of carbonyl (C=O) groups is 2. The first-order valence-electron chi connectivity index (χ1n) is 8.92. The Morgan fingerprint density at radius 3 is 2.00 bits per heavy atom. The average Bonchev–Trinajstić information content (AvgIpc) is 2.61. The van der Waals surface area contributed by atoms with Crippen LogP contribution in [0.2, 0.25) is 0 Å². The Balaban J connectivity index is 1.57. The van der Waals surface area contributed by atoms with Crippen molar-refractivity contribution in [2.75, 3.05) is 36.4 Å². The van der Waals surface area contributed by atoms with Crippen LogP contribution in [-0.2, 0) is 0 Å². The highest BCUT2D eigenvalue weighted by atomic mass is 16.2. The van der Waals surface area contributed by atoms with Gasteiger partial charge in [0, 0.05) is 43.1 Å². The lowest BCUT2D eigenvalue weighted by atomic mass is 10.1. The molecule has 0 bridgehead atoms. The van der Waals surface area contributed by atoms with Gasteiger partial charge in [0.15, 0.2) is 5.78 Å². The van der Waals surface area contributed by atoms with E-state index in [0.717, 1.165) is 41.2 Å². The first-order valence-corrected chi connectivity index (χ1v) is 8.92. The molecule has 1 heterocycles. The molecule has 2 aromatic rings. The highest BCUT2D eigenvalue weighted by Gasteiger charge is 2.21. The molecule has 2 aromatic carbocycles. The molecule has 1 saturated heterocycles. The van der Waals surface area contributed by atoms with E-state index in [9.17, 15) is 9.59 Å². The lowest BCUT2D eigenvalue weighted by molar-refractivity contribution is 0.101. The van der Waals surface area contributed by atoms with Crippen LogP contribution in [0, 0.1) is 13.8 Å². The zero-order valence-electron chi connectivity index (χ0n) is 15.6. The van der Waals surface area contributed by atoms with E-state index in [-0.39, 0.29) is 11.8 Å². The van der Waals surface area contributed by atoms with E-state index in [1.165, 1.54) is 0 Å². The van der Waals surface area contributed by atoms with Crippen LogP contribution < -0.4 is 10.2 Å². The van der Waals surface area contributed by atoms with Gasteiger partial charge < -0.3 is 15.1 Å². The Labute approximate surface area is 154 Å². The van der Waals surface area contributed by atoms with Crippen molar-refractivity contribution in [2.24, 2.45) is 0 Å². The van der Waals surface area contributed by atoms with Crippen molar-refractivity contribution in [3.05, 3.63) is 59.2 Å². The Bertz CT molecular complexity index is 786. The van der Waals surface area contributed by atoms with Crippen molar-refractivity contribution < 1.29 is 9.59 Å². The van der Waals surface area contributed by atoms with E-state index in [2.05, 4.69) is 16.3 Å². The summed E-state index contributed by atoms with van der Waals surface area (Å²) in [5.74, 6) is 0.0735. The molecule has 5 nitrogen and oxygen atoms in total. The van der Waals surface area contributed by atoms with Gasteiger partial charge in [0.1, 0.15) is 0 Å². The smallest absolute Gasteiger partial charge is 0.321 e. The van der Waals surface area contributed by atoms with Gasteiger partial charge in [-0.2, -0.15) is 0 Å². The third-order valence-electron chi connectivity index (χ3n) is 4.68. The molecule has 1 aliphatic rings. The monoisotopic (exact) mass is 351 g/mol. The van der Waals surface area contributed by atoms with Crippen molar-refractivity contribution in [2.45, 2.75) is 20.8 Å². The second-order valence-corrected chi connectivity index (χ2v) is 6.88. The predicted molar refractivity (Wildman–Crippen MR) is 105 cm³/mol. The second-order valence-electron chi connectivity index (χ2n) is 6.88. The summed E-state index contributed by atoms with van der Waals surface area (Å²) in [6, 6.07) is 13.7. The largest absolute Gasteiger partial charge is 0.368 e. The van der Waals surface area contributed by atoms with Crippen LogP contribution in [0.5, 0.6) is 0 Å². The van der Waals surface area contributed by atoms with E-state index in [1.54, 1.807) is 6.92 Å². The minimum Gasteiger partial charge on any atom is -0.368 e. The summed E-state index contributed by atoms with van der Waals surface area (Å²) in [7, 11) is 0. The van der Waals surface area contributed by atoms with Gasteiger partial charge in [-0.25, -0.2) is 4.79 Å². The van der Waals surface area contributed by atoms with Crippen LogP contribution in [0.15, 0.2) is 42.5 Å². The molecule has 136 valence electrons. The van der Waals surface area contributed by atoms with Gasteiger partial charge in [0.05, 0.1) is 0 Å². The van der Waals surface area contributed by atoms with E-state index in [4.69, 9.17) is 0 Å². The number of amides is 2. The molecule has 1 N–H and O–H groups in total. The molecule has 26 heavy (non-hydrogen) atoms. The number of nitrogens with one attached hydrogen (secondary N) is 1. The van der Waals surface area contributed by atoms with E-state index < -0.39 is 0 Å². The highest BCUT2D eigenvalue weighted by Crippen LogP contribution is 2.19. The van der Waals surface area contributed by atoms with Crippen molar-refractivity contribution in [3.8, 4) is 0 Å². The van der Waals surface area contributed by atoms with Gasteiger partial charge in [-0.05, 0) is 68.3 Å². The number of anilines is 2. The molecule has 1 fully saturated rings. The summed E-state index contributed by atoms with van der Waals surface area (Å²) in [6.45, 7) is 8.52. The Morgan fingerprint density at radius 2 is 1.46 bits per heavy atom. The Kier molecular flexibility index (Phi) is 5.26. The second kappa shape index (κ2) is 7.60. The summed E-state index contributed by atoms with van der Waals surface area (Å²) in [5.41, 5.74) is 4.93. The number of rotatable bonds is 3. The molecule has 0 atom stereocenters. The predicted octanol–water partition coefficient (Wildman–Crippen LogP) is 3.86. The molecular formula is C21H25N3O2. The van der Waals surface area contributed by atoms with Crippen LogP contribution in [0.3, 0.4) is 0 Å². The van der Waals surface area contributed by atoms with Crippen LogP contribution in [0.25, 0.3) is 0 Å². The van der Waals surface area contributed by atoms with Gasteiger partial charge in [-0.1, -0.05) is 6.07 Å². The van der Waals surface area contributed by atoms with E-state index >= 15 is 0 Å². The van der Waals surface area contributed by atoms with Crippen molar-refractivity contribution in [3.63, 3.8) is 0 Å². The SMILES string of the molecule is CC(=O)c1ccc(N2CCN(C(=O)Nc3cc(C)cc(C)c3)CC2)cc1. The molecule has 5 heteroatoms. The highest BCUT2D eigenvalue weighted by molar-refractivity contribution is 5.94. The van der Waals surface area contributed by atoms with Crippen molar-refractivity contribution in [1.82, 2.24) is 4.90 Å². The number of urea groups is 1. The number of Topliss-reactive ketones (excluding diaryl/α,β-unsaturated/α-hetero) is 1. The topological polar surface area (TPSA) is 52.7 Å². The minimum absolute atomic E-state index is 0.0541. The van der Waals surface area contributed by atoms with Gasteiger partial charge in [0.2, 0.25) is 0 Å². The maximum atomic E-state index is 12.5. The minimum atomic E-state index is -0.0541.